The molecule has 0 aromatic rings. The zero-order valence-corrected chi connectivity index (χ0v) is 12.2. The maximum atomic E-state index is 12.6. The Morgan fingerprint density at radius 2 is 1.95 bits per heavy atom. The number of amides is 3. The summed E-state index contributed by atoms with van der Waals surface area (Å²) in [5.74, 6) is -1.11. The fourth-order valence-corrected chi connectivity index (χ4v) is 3.76. The first-order valence-electron chi connectivity index (χ1n) is 7.57. The Balaban J connectivity index is 1.64. The largest absolute Gasteiger partial charge is 0.481 e. The molecule has 3 heterocycles. The van der Waals surface area contributed by atoms with Crippen molar-refractivity contribution in [3.63, 3.8) is 0 Å². The number of nitrogens with zero attached hydrogens (tertiary/aromatic N) is 3. The molecule has 21 heavy (non-hydrogen) atoms. The van der Waals surface area contributed by atoms with Gasteiger partial charge in [-0.05, 0) is 19.8 Å². The Morgan fingerprint density at radius 1 is 1.19 bits per heavy atom. The number of hydrogen-bond donors (Lipinski definition) is 1. The highest BCUT2D eigenvalue weighted by Gasteiger charge is 2.42. The van der Waals surface area contributed by atoms with E-state index in [2.05, 4.69) is 0 Å². The molecule has 0 aliphatic carbocycles. The second-order valence-electron chi connectivity index (χ2n) is 6.18. The molecule has 0 radical (unpaired) electrons. The van der Waals surface area contributed by atoms with Crippen LogP contribution >= 0.6 is 0 Å². The van der Waals surface area contributed by atoms with Gasteiger partial charge in [0.2, 0.25) is 5.91 Å². The van der Waals surface area contributed by atoms with Crippen molar-refractivity contribution in [1.82, 2.24) is 14.7 Å². The Hall–Kier alpha value is -1.79. The molecule has 0 aromatic heterocycles. The molecular formula is C14H21N3O4. The molecule has 7 nitrogen and oxygen atoms in total. The minimum absolute atomic E-state index is 0.0785. The topological polar surface area (TPSA) is 81.2 Å². The number of piperazine rings is 1. The average molecular weight is 295 g/mol. The van der Waals surface area contributed by atoms with Gasteiger partial charge in [0.15, 0.2) is 0 Å². The van der Waals surface area contributed by atoms with Crippen LogP contribution in [-0.4, -0.2) is 76.0 Å². The highest BCUT2D eigenvalue weighted by molar-refractivity contribution is 5.81. The van der Waals surface area contributed by atoms with E-state index in [1.807, 2.05) is 4.90 Å². The molecule has 3 amide bonds. The molecule has 0 saturated carbocycles. The second-order valence-corrected chi connectivity index (χ2v) is 6.18. The van der Waals surface area contributed by atoms with Gasteiger partial charge in [-0.15, -0.1) is 0 Å². The lowest BCUT2D eigenvalue weighted by Crippen LogP contribution is -2.56. The minimum atomic E-state index is -0.830. The number of carbonyl (C=O) groups excluding carboxylic acids is 2. The van der Waals surface area contributed by atoms with Crippen molar-refractivity contribution in [2.45, 2.75) is 38.3 Å². The molecule has 7 heteroatoms. The number of carboxylic acids is 1. The number of carboxylic acid groups (broad SMARTS) is 1. The number of rotatable bonds is 1. The van der Waals surface area contributed by atoms with Crippen molar-refractivity contribution in [2.24, 2.45) is 5.92 Å². The number of carbonyl (C=O) groups is 3. The Kier molecular flexibility index (Phi) is 3.51. The lowest BCUT2D eigenvalue weighted by molar-refractivity contribution is -0.142. The van der Waals surface area contributed by atoms with Crippen molar-refractivity contribution >= 4 is 17.9 Å². The van der Waals surface area contributed by atoms with Crippen molar-refractivity contribution in [3.05, 3.63) is 0 Å². The summed E-state index contributed by atoms with van der Waals surface area (Å²) in [7, 11) is 0. The van der Waals surface area contributed by atoms with Gasteiger partial charge in [0.25, 0.3) is 0 Å². The fraction of sp³-hybridized carbons (Fsp3) is 0.786. The number of aliphatic carboxylic acids is 1. The van der Waals surface area contributed by atoms with Crippen LogP contribution in [0, 0.1) is 5.92 Å². The van der Waals surface area contributed by atoms with Crippen LogP contribution in [-0.2, 0) is 9.59 Å². The molecule has 3 atom stereocenters. The van der Waals surface area contributed by atoms with E-state index in [-0.39, 0.29) is 24.0 Å². The third-order valence-corrected chi connectivity index (χ3v) is 5.08. The molecule has 3 saturated heterocycles. The number of urea groups is 1. The van der Waals surface area contributed by atoms with Gasteiger partial charge < -0.3 is 19.8 Å². The van der Waals surface area contributed by atoms with E-state index < -0.39 is 11.9 Å². The Bertz CT molecular complexity index is 481. The molecule has 3 unspecified atom stereocenters. The highest BCUT2D eigenvalue weighted by atomic mass is 16.4. The number of fused-ring (bicyclic) bond motifs is 1. The van der Waals surface area contributed by atoms with Crippen LogP contribution in [0.2, 0.25) is 0 Å². The van der Waals surface area contributed by atoms with Gasteiger partial charge in [0.1, 0.15) is 0 Å². The summed E-state index contributed by atoms with van der Waals surface area (Å²) in [6, 6.07) is -0.202. The summed E-state index contributed by atoms with van der Waals surface area (Å²) in [6.07, 6.45) is 1.91. The molecule has 3 aliphatic rings. The Morgan fingerprint density at radius 3 is 2.62 bits per heavy atom. The van der Waals surface area contributed by atoms with Crippen molar-refractivity contribution in [3.8, 4) is 0 Å². The molecule has 0 aromatic carbocycles. The van der Waals surface area contributed by atoms with Crippen LogP contribution in [0.3, 0.4) is 0 Å². The standard InChI is InChI=1S/C14H21N3O4/c1-9-11(13(19)20)4-5-16(9)14(21)15-6-7-17-10(8-15)2-3-12(17)18/h9-11H,2-8H2,1H3,(H,19,20). The summed E-state index contributed by atoms with van der Waals surface area (Å²) >= 11 is 0. The van der Waals surface area contributed by atoms with Gasteiger partial charge in [-0.3, -0.25) is 9.59 Å². The van der Waals surface area contributed by atoms with Crippen LogP contribution in [0.4, 0.5) is 4.79 Å². The molecule has 116 valence electrons. The number of hydrogen-bond acceptors (Lipinski definition) is 3. The summed E-state index contributed by atoms with van der Waals surface area (Å²) in [4.78, 5) is 40.7. The van der Waals surface area contributed by atoms with Gasteiger partial charge in [-0.1, -0.05) is 0 Å². The molecule has 0 bridgehead atoms. The van der Waals surface area contributed by atoms with Crippen LogP contribution in [0.25, 0.3) is 0 Å². The van der Waals surface area contributed by atoms with Crippen molar-refractivity contribution in [2.75, 3.05) is 26.2 Å². The monoisotopic (exact) mass is 295 g/mol. The summed E-state index contributed by atoms with van der Waals surface area (Å²) in [5, 5.41) is 9.15. The van der Waals surface area contributed by atoms with Crippen molar-refractivity contribution in [1.29, 1.82) is 0 Å². The zero-order valence-electron chi connectivity index (χ0n) is 12.2. The maximum Gasteiger partial charge on any atom is 0.320 e. The first kappa shape index (κ1) is 14.2. The summed E-state index contributed by atoms with van der Waals surface area (Å²) in [5.41, 5.74) is 0. The van der Waals surface area contributed by atoms with Gasteiger partial charge >= 0.3 is 12.0 Å². The molecule has 1 N–H and O–H groups in total. The minimum Gasteiger partial charge on any atom is -0.481 e. The van der Waals surface area contributed by atoms with E-state index in [1.165, 1.54) is 0 Å². The molecular weight excluding hydrogens is 274 g/mol. The predicted octanol–water partition coefficient (Wildman–Crippen LogP) is 0.208. The van der Waals surface area contributed by atoms with Crippen LogP contribution in [0.15, 0.2) is 0 Å². The SMILES string of the molecule is CC1C(C(=O)O)CCN1C(=O)N1CCN2C(=O)CCC2C1. The summed E-state index contributed by atoms with van der Waals surface area (Å²) < 4.78 is 0. The first-order valence-corrected chi connectivity index (χ1v) is 7.57. The third kappa shape index (κ3) is 2.34. The predicted molar refractivity (Wildman–Crippen MR) is 73.6 cm³/mol. The lowest BCUT2D eigenvalue weighted by Gasteiger charge is -2.40. The smallest absolute Gasteiger partial charge is 0.320 e. The van der Waals surface area contributed by atoms with Gasteiger partial charge in [-0.25, -0.2) is 4.79 Å². The van der Waals surface area contributed by atoms with Crippen LogP contribution in [0.5, 0.6) is 0 Å². The molecule has 3 aliphatic heterocycles. The number of likely N-dealkylation sites (tertiary alicyclic amines) is 1. The maximum absolute atomic E-state index is 12.6. The average Bonchev–Trinajstić information content (AvgIpc) is 3.01. The van der Waals surface area contributed by atoms with Gasteiger partial charge in [0.05, 0.1) is 5.92 Å². The second kappa shape index (κ2) is 5.20. The zero-order chi connectivity index (χ0) is 15.1. The van der Waals surface area contributed by atoms with E-state index in [4.69, 9.17) is 5.11 Å². The van der Waals surface area contributed by atoms with Crippen LogP contribution in [0.1, 0.15) is 26.2 Å². The van der Waals surface area contributed by atoms with Crippen molar-refractivity contribution < 1.29 is 19.5 Å². The lowest BCUT2D eigenvalue weighted by atomic mass is 10.0. The quantitative estimate of drug-likeness (QED) is 0.749. The highest BCUT2D eigenvalue weighted by Crippen LogP contribution is 2.28. The Labute approximate surface area is 123 Å². The van der Waals surface area contributed by atoms with Crippen LogP contribution < -0.4 is 0 Å². The van der Waals surface area contributed by atoms with E-state index >= 15 is 0 Å². The fourth-order valence-electron chi connectivity index (χ4n) is 3.76. The molecule has 3 fully saturated rings. The van der Waals surface area contributed by atoms with E-state index in [9.17, 15) is 14.4 Å². The molecule has 0 spiro atoms. The van der Waals surface area contributed by atoms with E-state index in [1.54, 1.807) is 16.7 Å². The third-order valence-electron chi connectivity index (χ3n) is 5.08. The normalized spacial score (nSPS) is 32.5. The summed E-state index contributed by atoms with van der Waals surface area (Å²) in [6.45, 7) is 4.02. The molecule has 3 rings (SSSR count). The van der Waals surface area contributed by atoms with E-state index in [0.717, 1.165) is 6.42 Å². The first-order chi connectivity index (χ1) is 9.99. The van der Waals surface area contributed by atoms with E-state index in [0.29, 0.717) is 39.0 Å². The van der Waals surface area contributed by atoms with Gasteiger partial charge in [-0.2, -0.15) is 0 Å². The van der Waals surface area contributed by atoms with Gasteiger partial charge in [0, 0.05) is 44.7 Å².